The van der Waals surface area contributed by atoms with E-state index in [1.165, 1.54) is 12.8 Å². The average Bonchev–Trinajstić information content (AvgIpc) is 3.46. The van der Waals surface area contributed by atoms with Gasteiger partial charge in [0, 0.05) is 23.7 Å². The van der Waals surface area contributed by atoms with E-state index in [4.69, 9.17) is 14.9 Å². The van der Waals surface area contributed by atoms with Crippen LogP contribution in [0, 0.1) is 23.7 Å². The summed E-state index contributed by atoms with van der Waals surface area (Å²) in [6.45, 7) is 4.02. The summed E-state index contributed by atoms with van der Waals surface area (Å²) in [7, 11) is 0. The number of nitrogens with one attached hydrogen (secondary N) is 1. The van der Waals surface area contributed by atoms with Crippen LogP contribution in [0.25, 0.3) is 16.8 Å². The van der Waals surface area contributed by atoms with Crippen LogP contribution >= 0.6 is 0 Å². The highest BCUT2D eigenvalue weighted by Gasteiger charge is 2.46. The molecule has 1 aliphatic heterocycles. The molecule has 1 aliphatic carbocycles. The summed E-state index contributed by atoms with van der Waals surface area (Å²) < 4.78 is 9.95. The number of ether oxygens (including phenoxy) is 1. The molecule has 9 nitrogen and oxygen atoms in total. The second kappa shape index (κ2) is 9.04. The van der Waals surface area contributed by atoms with Gasteiger partial charge in [0.1, 0.15) is 28.6 Å². The molecule has 1 unspecified atom stereocenters. The number of nitriles is 1. The summed E-state index contributed by atoms with van der Waals surface area (Å²) in [5, 5.41) is 33.1. The Morgan fingerprint density at radius 2 is 2.08 bits per heavy atom. The molecule has 0 aromatic carbocycles. The lowest BCUT2D eigenvalue weighted by molar-refractivity contribution is 0.0221. The number of hydrogen-bond acceptors (Lipinski definition) is 7. The van der Waals surface area contributed by atoms with E-state index < -0.39 is 6.10 Å². The fourth-order valence-electron chi connectivity index (χ4n) is 5.87. The minimum absolute atomic E-state index is 0.244. The molecule has 9 heteroatoms. The highest BCUT2D eigenvalue weighted by atomic mass is 16.5. The maximum absolute atomic E-state index is 10.2. The van der Waals surface area contributed by atoms with Crippen LogP contribution in [-0.2, 0) is 0 Å². The minimum atomic E-state index is -0.660. The molecule has 1 spiro atoms. The van der Waals surface area contributed by atoms with Crippen molar-refractivity contribution in [2.24, 2.45) is 5.41 Å². The molecular formula is C27H29N7O2. The van der Waals surface area contributed by atoms with Crippen LogP contribution in [0.1, 0.15) is 54.8 Å². The van der Waals surface area contributed by atoms with E-state index in [0.717, 1.165) is 37.2 Å². The van der Waals surface area contributed by atoms with Crippen molar-refractivity contribution in [2.45, 2.75) is 44.8 Å². The largest absolute Gasteiger partial charge is 0.479 e. The minimum Gasteiger partial charge on any atom is -0.479 e. The van der Waals surface area contributed by atoms with Crippen molar-refractivity contribution >= 4 is 5.52 Å². The van der Waals surface area contributed by atoms with Gasteiger partial charge in [-0.3, -0.25) is 9.67 Å². The van der Waals surface area contributed by atoms with Crippen LogP contribution < -0.4 is 10.1 Å². The Balaban J connectivity index is 1.34. The first-order valence-corrected chi connectivity index (χ1v) is 12.5. The van der Waals surface area contributed by atoms with Gasteiger partial charge in [0.25, 0.3) is 0 Å². The number of aliphatic hydroxyl groups is 1. The lowest BCUT2D eigenvalue weighted by Gasteiger charge is -2.50. The van der Waals surface area contributed by atoms with Crippen molar-refractivity contribution in [1.82, 2.24) is 29.7 Å². The van der Waals surface area contributed by atoms with Crippen molar-refractivity contribution in [1.29, 1.82) is 5.26 Å². The van der Waals surface area contributed by atoms with Gasteiger partial charge in [0.05, 0.1) is 24.5 Å². The summed E-state index contributed by atoms with van der Waals surface area (Å²) in [4.78, 5) is 4.31. The molecule has 6 rings (SSSR count). The van der Waals surface area contributed by atoms with Gasteiger partial charge in [-0.15, -0.1) is 0 Å². The normalized spacial score (nSPS) is 18.1. The molecule has 1 saturated heterocycles. The highest BCUT2D eigenvalue weighted by molar-refractivity contribution is 5.81. The molecule has 4 aromatic rings. The molecule has 2 fully saturated rings. The average molecular weight is 484 g/mol. The third kappa shape index (κ3) is 3.74. The molecule has 0 amide bonds. The summed E-state index contributed by atoms with van der Waals surface area (Å²) >= 11 is 0. The van der Waals surface area contributed by atoms with E-state index in [9.17, 15) is 10.4 Å². The Morgan fingerprint density at radius 1 is 1.25 bits per heavy atom. The van der Waals surface area contributed by atoms with Crippen molar-refractivity contribution in [3.8, 4) is 23.1 Å². The molecule has 1 atom stereocenters. The Bertz CT molecular complexity index is 1420. The molecule has 1 saturated carbocycles. The third-order valence-corrected chi connectivity index (χ3v) is 7.83. The predicted molar refractivity (Wildman–Crippen MR) is 133 cm³/mol. The molecular weight excluding hydrogens is 454 g/mol. The number of nitrogens with zero attached hydrogens (tertiary/aromatic N) is 6. The zero-order valence-corrected chi connectivity index (χ0v) is 20.3. The molecule has 0 bridgehead atoms. The zero-order chi connectivity index (χ0) is 24.7. The smallest absolute Gasteiger partial charge is 0.163 e. The second-order valence-corrected chi connectivity index (χ2v) is 9.94. The van der Waals surface area contributed by atoms with Gasteiger partial charge >= 0.3 is 0 Å². The predicted octanol–water partition coefficient (Wildman–Crippen LogP) is 3.59. The van der Waals surface area contributed by atoms with Gasteiger partial charge in [-0.25, -0.2) is 4.52 Å². The first-order valence-electron chi connectivity index (χ1n) is 12.5. The van der Waals surface area contributed by atoms with Gasteiger partial charge in [0.15, 0.2) is 6.10 Å². The van der Waals surface area contributed by atoms with Crippen molar-refractivity contribution in [3.05, 3.63) is 65.9 Å². The Morgan fingerprint density at radius 3 is 2.81 bits per heavy atom. The second-order valence-electron chi connectivity index (χ2n) is 9.94. The Hall–Kier alpha value is -3.74. The van der Waals surface area contributed by atoms with Gasteiger partial charge in [-0.2, -0.15) is 15.5 Å². The number of fused-ring (bicyclic) bond motifs is 1. The van der Waals surface area contributed by atoms with E-state index in [1.54, 1.807) is 29.0 Å². The monoisotopic (exact) mass is 483 g/mol. The quantitative estimate of drug-likeness (QED) is 0.431. The molecule has 2 N–H and O–H groups in total. The molecule has 5 heterocycles. The summed E-state index contributed by atoms with van der Waals surface area (Å²) in [5.74, 6) is 0.467. The maximum atomic E-state index is 10.2. The highest BCUT2D eigenvalue weighted by Crippen LogP contribution is 2.54. The number of hydrogen-bond donors (Lipinski definition) is 2. The topological polar surface area (TPSA) is 113 Å². The van der Waals surface area contributed by atoms with Crippen molar-refractivity contribution in [2.75, 3.05) is 19.7 Å². The Kier molecular flexibility index (Phi) is 5.70. The van der Waals surface area contributed by atoms with E-state index in [1.807, 2.05) is 24.4 Å². The van der Waals surface area contributed by atoms with Crippen LogP contribution in [0.15, 0.2) is 48.9 Å². The Labute approximate surface area is 209 Å². The van der Waals surface area contributed by atoms with Gasteiger partial charge in [0.2, 0.25) is 0 Å². The molecule has 36 heavy (non-hydrogen) atoms. The van der Waals surface area contributed by atoms with Crippen LogP contribution in [0.2, 0.25) is 0 Å². The first kappa shape index (κ1) is 22.7. The number of aliphatic hydroxyl groups excluding tert-OH is 1. The number of piperidine rings is 1. The van der Waals surface area contributed by atoms with Crippen LogP contribution in [0.4, 0.5) is 0 Å². The summed E-state index contributed by atoms with van der Waals surface area (Å²) in [5.41, 5.74) is 4.53. The van der Waals surface area contributed by atoms with Crippen molar-refractivity contribution in [3.63, 3.8) is 0 Å². The van der Waals surface area contributed by atoms with Gasteiger partial charge in [-0.1, -0.05) is 6.07 Å². The standard InChI is InChI=1S/C27H29N7O2/c1-18-21(16-31-34(18)19-13-27(14-19)7-10-29-11-8-27)25-20(15-28)26-23(6-4-12-33(26)32-25)36-24(17-35)22-5-2-3-9-30-22/h2-6,9,12,16,19,24,29,35H,7-8,10-11,13-14,17H2,1H3. The van der Waals surface area contributed by atoms with E-state index >= 15 is 0 Å². The summed E-state index contributed by atoms with van der Waals surface area (Å²) in [6, 6.07) is 11.8. The van der Waals surface area contributed by atoms with Crippen LogP contribution in [0.3, 0.4) is 0 Å². The van der Waals surface area contributed by atoms with E-state index in [-0.39, 0.29) is 6.61 Å². The van der Waals surface area contributed by atoms with Gasteiger partial charge < -0.3 is 15.2 Å². The van der Waals surface area contributed by atoms with Crippen LogP contribution in [0.5, 0.6) is 5.75 Å². The zero-order valence-electron chi connectivity index (χ0n) is 20.3. The van der Waals surface area contributed by atoms with E-state index in [0.29, 0.717) is 39.7 Å². The molecule has 184 valence electrons. The maximum Gasteiger partial charge on any atom is 0.163 e. The fraction of sp³-hybridized carbons (Fsp3) is 0.407. The SMILES string of the molecule is Cc1c(-c2nn3cccc(OC(CO)c4ccccn4)c3c2C#N)cnn1C1CC2(CCNCC2)C1. The fourth-order valence-corrected chi connectivity index (χ4v) is 5.87. The molecule has 4 aromatic heterocycles. The third-order valence-electron chi connectivity index (χ3n) is 7.83. The molecule has 0 radical (unpaired) electrons. The lowest BCUT2D eigenvalue weighted by Crippen LogP contribution is -2.46. The number of rotatable bonds is 6. The lowest BCUT2D eigenvalue weighted by atomic mass is 9.60. The first-order chi connectivity index (χ1) is 17.6. The number of pyridine rings is 2. The molecule has 2 aliphatic rings. The summed E-state index contributed by atoms with van der Waals surface area (Å²) in [6.07, 6.45) is 9.41. The van der Waals surface area contributed by atoms with Crippen LogP contribution in [-0.4, -0.2) is 49.2 Å². The van der Waals surface area contributed by atoms with Gasteiger partial charge in [-0.05, 0) is 75.4 Å². The van der Waals surface area contributed by atoms with E-state index in [2.05, 4.69) is 28.0 Å². The van der Waals surface area contributed by atoms with Crippen molar-refractivity contribution < 1.29 is 9.84 Å². The number of aromatic nitrogens is 5.